The van der Waals surface area contributed by atoms with Gasteiger partial charge in [-0.1, -0.05) is 58.9 Å². The fourth-order valence-electron chi connectivity index (χ4n) is 2.71. The maximum Gasteiger partial charge on any atom is 0.254 e. The van der Waals surface area contributed by atoms with E-state index in [4.69, 9.17) is 0 Å². The van der Waals surface area contributed by atoms with Crippen LogP contribution in [0.1, 0.15) is 65.7 Å². The standard InChI is InChI=1S/C18H23N5OS.C2H6/c1-2-3-4-5-6-7-10-16(24)20-17-21-18-19-12-11-14(23(18)22-17)15-9-8-13-25-15;1-2/h8-9,11-13H,2-7,10H2,1H3,(H,20,22,24);1-2H3. The van der Waals surface area contributed by atoms with E-state index in [-0.39, 0.29) is 5.91 Å². The second-order valence-corrected chi connectivity index (χ2v) is 6.97. The summed E-state index contributed by atoms with van der Waals surface area (Å²) in [4.78, 5) is 21.7. The molecule has 6 nitrogen and oxygen atoms in total. The number of nitrogens with zero attached hydrogens (tertiary/aromatic N) is 4. The van der Waals surface area contributed by atoms with Crippen molar-refractivity contribution in [1.82, 2.24) is 19.6 Å². The minimum atomic E-state index is -0.0379. The van der Waals surface area contributed by atoms with Crippen molar-refractivity contribution in [3.05, 3.63) is 29.8 Å². The molecular formula is C20H29N5OS. The molecular weight excluding hydrogens is 358 g/mol. The maximum absolute atomic E-state index is 12.1. The van der Waals surface area contributed by atoms with Gasteiger partial charge in [-0.2, -0.15) is 9.50 Å². The minimum Gasteiger partial charge on any atom is -0.293 e. The van der Waals surface area contributed by atoms with Gasteiger partial charge in [0.15, 0.2) is 0 Å². The summed E-state index contributed by atoms with van der Waals surface area (Å²) in [5.41, 5.74) is 0.920. The molecule has 3 aromatic rings. The number of unbranched alkanes of at least 4 members (excludes halogenated alkanes) is 5. The highest BCUT2D eigenvalue weighted by Crippen LogP contribution is 2.24. The minimum absolute atomic E-state index is 0.0379. The average Bonchev–Trinajstić information content (AvgIpc) is 3.35. The third kappa shape index (κ3) is 6.13. The summed E-state index contributed by atoms with van der Waals surface area (Å²) in [5.74, 6) is 0.761. The highest BCUT2D eigenvalue weighted by molar-refractivity contribution is 7.13. The van der Waals surface area contributed by atoms with Gasteiger partial charge in [-0.05, 0) is 23.9 Å². The summed E-state index contributed by atoms with van der Waals surface area (Å²) in [6, 6.07) is 5.92. The Labute approximate surface area is 165 Å². The number of amides is 1. The Kier molecular flexibility index (Phi) is 8.91. The number of fused-ring (bicyclic) bond motifs is 1. The molecule has 146 valence electrons. The Bertz CT molecular complexity index is 813. The van der Waals surface area contributed by atoms with Crippen LogP contribution >= 0.6 is 11.3 Å². The Hall–Kier alpha value is -2.28. The van der Waals surface area contributed by atoms with Crippen LogP contribution in [0.3, 0.4) is 0 Å². The van der Waals surface area contributed by atoms with Crippen LogP contribution < -0.4 is 5.32 Å². The van der Waals surface area contributed by atoms with Gasteiger partial charge in [0.2, 0.25) is 5.91 Å². The van der Waals surface area contributed by atoms with E-state index in [2.05, 4.69) is 27.3 Å². The van der Waals surface area contributed by atoms with Gasteiger partial charge in [-0.25, -0.2) is 4.98 Å². The normalized spacial score (nSPS) is 10.5. The molecule has 3 rings (SSSR count). The first-order valence-electron chi connectivity index (χ1n) is 9.83. The molecule has 0 spiro atoms. The van der Waals surface area contributed by atoms with Crippen molar-refractivity contribution in [3.8, 4) is 10.6 Å². The molecule has 1 amide bonds. The molecule has 0 fully saturated rings. The summed E-state index contributed by atoms with van der Waals surface area (Å²) in [5, 5.41) is 9.20. The Morgan fingerprint density at radius 3 is 2.67 bits per heavy atom. The second kappa shape index (κ2) is 11.4. The lowest BCUT2D eigenvalue weighted by molar-refractivity contribution is -0.116. The molecule has 0 aliphatic rings. The van der Waals surface area contributed by atoms with Crippen LogP contribution in [0, 0.1) is 0 Å². The molecule has 0 saturated carbocycles. The highest BCUT2D eigenvalue weighted by atomic mass is 32.1. The summed E-state index contributed by atoms with van der Waals surface area (Å²) >= 11 is 1.63. The molecule has 1 N–H and O–H groups in total. The number of anilines is 1. The average molecular weight is 388 g/mol. The number of hydrogen-bond donors (Lipinski definition) is 1. The molecule has 0 saturated heterocycles. The highest BCUT2D eigenvalue weighted by Gasteiger charge is 2.12. The molecule has 0 aromatic carbocycles. The van der Waals surface area contributed by atoms with Crippen molar-refractivity contribution in [1.29, 1.82) is 0 Å². The largest absolute Gasteiger partial charge is 0.293 e. The first-order chi connectivity index (χ1) is 13.3. The van der Waals surface area contributed by atoms with Gasteiger partial charge in [-0.15, -0.1) is 16.4 Å². The molecule has 3 heterocycles. The predicted octanol–water partition coefficient (Wildman–Crippen LogP) is 5.57. The molecule has 0 aliphatic carbocycles. The predicted molar refractivity (Wildman–Crippen MR) is 112 cm³/mol. The molecule has 0 aliphatic heterocycles. The van der Waals surface area contributed by atoms with Gasteiger partial charge in [0.05, 0.1) is 10.6 Å². The van der Waals surface area contributed by atoms with Gasteiger partial charge in [0.25, 0.3) is 11.7 Å². The van der Waals surface area contributed by atoms with E-state index in [1.165, 1.54) is 25.7 Å². The molecule has 7 heteroatoms. The number of carbonyl (C=O) groups excluding carboxylic acids is 1. The van der Waals surface area contributed by atoms with E-state index >= 15 is 0 Å². The van der Waals surface area contributed by atoms with Crippen LogP contribution in [-0.2, 0) is 4.79 Å². The van der Waals surface area contributed by atoms with Crippen molar-refractivity contribution in [2.24, 2.45) is 0 Å². The number of rotatable bonds is 9. The van der Waals surface area contributed by atoms with E-state index in [9.17, 15) is 4.79 Å². The zero-order chi connectivity index (χ0) is 19.5. The lowest BCUT2D eigenvalue weighted by atomic mass is 10.1. The van der Waals surface area contributed by atoms with Gasteiger partial charge in [0, 0.05) is 12.6 Å². The lowest BCUT2D eigenvalue weighted by Gasteiger charge is -2.01. The molecule has 27 heavy (non-hydrogen) atoms. The monoisotopic (exact) mass is 387 g/mol. The topological polar surface area (TPSA) is 72.2 Å². The van der Waals surface area contributed by atoms with E-state index in [1.54, 1.807) is 22.0 Å². The summed E-state index contributed by atoms with van der Waals surface area (Å²) in [6.45, 7) is 6.20. The van der Waals surface area contributed by atoms with Crippen molar-refractivity contribution < 1.29 is 4.79 Å². The van der Waals surface area contributed by atoms with Gasteiger partial charge in [-0.3, -0.25) is 10.1 Å². The zero-order valence-electron chi connectivity index (χ0n) is 16.4. The third-order valence-electron chi connectivity index (χ3n) is 4.02. The number of aromatic nitrogens is 4. The van der Waals surface area contributed by atoms with Crippen LogP contribution in [0.25, 0.3) is 16.3 Å². The van der Waals surface area contributed by atoms with Crippen molar-refractivity contribution in [2.45, 2.75) is 65.7 Å². The van der Waals surface area contributed by atoms with Crippen molar-refractivity contribution >= 4 is 29.0 Å². The summed E-state index contributed by atoms with van der Waals surface area (Å²) in [6.07, 6.45) is 9.18. The van der Waals surface area contributed by atoms with Crippen LogP contribution in [0.4, 0.5) is 5.95 Å². The Morgan fingerprint density at radius 2 is 1.93 bits per heavy atom. The van der Waals surface area contributed by atoms with E-state index in [1.807, 2.05) is 37.4 Å². The molecule has 0 unspecified atom stereocenters. The maximum atomic E-state index is 12.1. The first-order valence-corrected chi connectivity index (χ1v) is 10.7. The van der Waals surface area contributed by atoms with Crippen molar-refractivity contribution in [2.75, 3.05) is 5.32 Å². The summed E-state index contributed by atoms with van der Waals surface area (Å²) in [7, 11) is 0. The molecule has 0 atom stereocenters. The van der Waals surface area contributed by atoms with E-state index in [0.29, 0.717) is 18.1 Å². The van der Waals surface area contributed by atoms with Gasteiger partial charge in [0.1, 0.15) is 0 Å². The number of thiophene rings is 1. The molecule has 3 aromatic heterocycles. The Morgan fingerprint density at radius 1 is 1.15 bits per heavy atom. The molecule has 0 bridgehead atoms. The van der Waals surface area contributed by atoms with Crippen LogP contribution in [0.15, 0.2) is 29.8 Å². The lowest BCUT2D eigenvalue weighted by Crippen LogP contribution is -2.12. The fourth-order valence-corrected chi connectivity index (χ4v) is 3.45. The van der Waals surface area contributed by atoms with Crippen molar-refractivity contribution in [3.63, 3.8) is 0 Å². The smallest absolute Gasteiger partial charge is 0.254 e. The number of nitrogens with one attached hydrogen (secondary N) is 1. The van der Waals surface area contributed by atoms with E-state index < -0.39 is 0 Å². The zero-order valence-corrected chi connectivity index (χ0v) is 17.3. The Balaban J connectivity index is 0.00000126. The van der Waals surface area contributed by atoms with Crippen LogP contribution in [-0.4, -0.2) is 25.5 Å². The molecule has 0 radical (unpaired) electrons. The van der Waals surface area contributed by atoms with E-state index in [0.717, 1.165) is 23.4 Å². The second-order valence-electron chi connectivity index (χ2n) is 6.02. The SMILES string of the molecule is CC.CCCCCCCCC(=O)Nc1nc2nccc(-c3cccs3)n2n1. The van der Waals surface area contributed by atoms with Gasteiger partial charge < -0.3 is 0 Å². The van der Waals surface area contributed by atoms with Crippen LogP contribution in [0.5, 0.6) is 0 Å². The van der Waals surface area contributed by atoms with Crippen LogP contribution in [0.2, 0.25) is 0 Å². The number of carbonyl (C=O) groups is 1. The summed E-state index contributed by atoms with van der Waals surface area (Å²) < 4.78 is 1.67. The van der Waals surface area contributed by atoms with Gasteiger partial charge >= 0.3 is 0 Å². The third-order valence-corrected chi connectivity index (χ3v) is 4.92. The fraction of sp³-hybridized carbons (Fsp3) is 0.500. The number of hydrogen-bond acceptors (Lipinski definition) is 5. The quantitative estimate of drug-likeness (QED) is 0.487. The first kappa shape index (κ1) is 21.0.